The number of hydrogen-bond acceptors (Lipinski definition) is 3. The smallest absolute Gasteiger partial charge is 0.316 e. The predicted octanol–water partition coefficient (Wildman–Crippen LogP) is 2.47. The number of allylic oxidation sites excluding steroid dienone is 1. The van der Waals surface area contributed by atoms with Gasteiger partial charge in [-0.2, -0.15) is 0 Å². The van der Waals surface area contributed by atoms with Gasteiger partial charge in [0.05, 0.1) is 7.11 Å². The van der Waals surface area contributed by atoms with Gasteiger partial charge in [0, 0.05) is 0 Å². The molecule has 0 fully saturated rings. The maximum atomic E-state index is 11.3. The standard InChI is InChI=1S/C14H16O3/c1-11(15)13(14(16)17-2)10-6-9-12-7-4-3-5-8-12/h3-9,13H,10H2,1-2H3. The number of hydrogen-bond donors (Lipinski definition) is 0. The third-order valence-corrected chi connectivity index (χ3v) is 2.46. The van der Waals surface area contributed by atoms with E-state index in [9.17, 15) is 9.59 Å². The van der Waals surface area contributed by atoms with E-state index in [2.05, 4.69) is 4.74 Å². The molecule has 0 aliphatic heterocycles. The number of esters is 1. The molecule has 3 heteroatoms. The van der Waals surface area contributed by atoms with Gasteiger partial charge >= 0.3 is 5.97 Å². The van der Waals surface area contributed by atoms with Crippen molar-refractivity contribution in [2.45, 2.75) is 13.3 Å². The topological polar surface area (TPSA) is 43.4 Å². The number of rotatable bonds is 5. The predicted molar refractivity (Wildman–Crippen MR) is 66.3 cm³/mol. The lowest BCUT2D eigenvalue weighted by molar-refractivity contribution is -0.148. The molecule has 1 unspecified atom stereocenters. The van der Waals surface area contributed by atoms with E-state index in [0.29, 0.717) is 6.42 Å². The minimum atomic E-state index is -0.694. The molecule has 0 heterocycles. The quantitative estimate of drug-likeness (QED) is 0.578. The number of ketones is 1. The zero-order valence-electron chi connectivity index (χ0n) is 10.1. The van der Waals surface area contributed by atoms with Gasteiger partial charge < -0.3 is 4.74 Å². The molecule has 3 nitrogen and oxygen atoms in total. The molecule has 17 heavy (non-hydrogen) atoms. The van der Waals surface area contributed by atoms with Crippen LogP contribution in [0.25, 0.3) is 6.08 Å². The van der Waals surface area contributed by atoms with E-state index in [-0.39, 0.29) is 5.78 Å². The van der Waals surface area contributed by atoms with Crippen LogP contribution in [-0.2, 0) is 14.3 Å². The first-order valence-electron chi connectivity index (χ1n) is 5.45. The molecule has 0 N–H and O–H groups in total. The molecule has 0 aromatic heterocycles. The van der Waals surface area contributed by atoms with Crippen molar-refractivity contribution < 1.29 is 14.3 Å². The zero-order chi connectivity index (χ0) is 12.7. The molecule has 0 bridgehead atoms. The van der Waals surface area contributed by atoms with Crippen LogP contribution in [0.15, 0.2) is 36.4 Å². The van der Waals surface area contributed by atoms with E-state index in [4.69, 9.17) is 0 Å². The maximum Gasteiger partial charge on any atom is 0.316 e. The zero-order valence-corrected chi connectivity index (χ0v) is 10.1. The summed E-state index contributed by atoms with van der Waals surface area (Å²) >= 11 is 0. The van der Waals surface area contributed by atoms with Gasteiger partial charge in [-0.25, -0.2) is 0 Å². The second-order valence-electron chi connectivity index (χ2n) is 3.74. The van der Waals surface area contributed by atoms with Crippen LogP contribution in [0.3, 0.4) is 0 Å². The largest absolute Gasteiger partial charge is 0.468 e. The second-order valence-corrected chi connectivity index (χ2v) is 3.74. The normalized spacial score (nSPS) is 12.4. The van der Waals surface area contributed by atoms with Crippen LogP contribution in [0.1, 0.15) is 18.9 Å². The summed E-state index contributed by atoms with van der Waals surface area (Å²) in [5, 5.41) is 0. The van der Waals surface area contributed by atoms with Crippen molar-refractivity contribution in [2.75, 3.05) is 7.11 Å². The Kier molecular flexibility index (Phi) is 5.14. The summed E-state index contributed by atoms with van der Waals surface area (Å²) in [6.07, 6.45) is 4.08. The van der Waals surface area contributed by atoms with E-state index < -0.39 is 11.9 Å². The first kappa shape index (κ1) is 13.2. The van der Waals surface area contributed by atoms with Crippen LogP contribution in [0.4, 0.5) is 0 Å². The monoisotopic (exact) mass is 232 g/mol. The van der Waals surface area contributed by atoms with Gasteiger partial charge in [0.25, 0.3) is 0 Å². The molecule has 1 aromatic rings. The molecular weight excluding hydrogens is 216 g/mol. The highest BCUT2D eigenvalue weighted by Gasteiger charge is 2.22. The highest BCUT2D eigenvalue weighted by molar-refractivity contribution is 5.97. The Morgan fingerprint density at radius 2 is 1.94 bits per heavy atom. The van der Waals surface area contributed by atoms with Gasteiger partial charge in [-0.1, -0.05) is 42.5 Å². The highest BCUT2D eigenvalue weighted by Crippen LogP contribution is 2.10. The Morgan fingerprint density at radius 3 is 2.47 bits per heavy atom. The summed E-state index contributed by atoms with van der Waals surface area (Å²) < 4.78 is 4.58. The van der Waals surface area contributed by atoms with Crippen LogP contribution in [0, 0.1) is 5.92 Å². The fourth-order valence-corrected chi connectivity index (χ4v) is 1.47. The molecule has 1 rings (SSSR count). The molecule has 90 valence electrons. The highest BCUT2D eigenvalue weighted by atomic mass is 16.5. The molecule has 0 saturated heterocycles. The minimum Gasteiger partial charge on any atom is -0.468 e. The molecule has 0 amide bonds. The van der Waals surface area contributed by atoms with Crippen LogP contribution < -0.4 is 0 Å². The third kappa shape index (κ3) is 4.23. The molecule has 1 atom stereocenters. The number of Topliss-reactive ketones (excluding diaryl/α,β-unsaturated/α-hetero) is 1. The molecule has 0 aliphatic carbocycles. The van der Waals surface area contributed by atoms with E-state index in [0.717, 1.165) is 5.56 Å². The van der Waals surface area contributed by atoms with Crippen molar-refractivity contribution in [1.82, 2.24) is 0 Å². The van der Waals surface area contributed by atoms with E-state index in [1.54, 1.807) is 0 Å². The molecule has 0 saturated carbocycles. The van der Waals surface area contributed by atoms with E-state index in [1.165, 1.54) is 14.0 Å². The second kappa shape index (κ2) is 6.63. The van der Waals surface area contributed by atoms with Crippen molar-refractivity contribution >= 4 is 17.8 Å². The lowest BCUT2D eigenvalue weighted by atomic mass is 10.0. The van der Waals surface area contributed by atoms with Crippen LogP contribution in [-0.4, -0.2) is 18.9 Å². The summed E-state index contributed by atoms with van der Waals surface area (Å²) in [5.41, 5.74) is 1.04. The van der Waals surface area contributed by atoms with Crippen LogP contribution >= 0.6 is 0 Å². The van der Waals surface area contributed by atoms with Gasteiger partial charge in [0.15, 0.2) is 0 Å². The Labute approximate surface area is 101 Å². The molecule has 1 aromatic carbocycles. The average molecular weight is 232 g/mol. The van der Waals surface area contributed by atoms with E-state index in [1.807, 2.05) is 42.5 Å². The van der Waals surface area contributed by atoms with Gasteiger partial charge in [0.2, 0.25) is 0 Å². The van der Waals surface area contributed by atoms with Crippen molar-refractivity contribution in [3.8, 4) is 0 Å². The van der Waals surface area contributed by atoms with Crippen molar-refractivity contribution in [3.05, 3.63) is 42.0 Å². The lowest BCUT2D eigenvalue weighted by Gasteiger charge is -2.07. The number of carbonyl (C=O) groups is 2. The Bertz CT molecular complexity index is 407. The molecule has 0 spiro atoms. The fraction of sp³-hybridized carbons (Fsp3) is 0.286. The lowest BCUT2D eigenvalue weighted by Crippen LogP contribution is -2.22. The molecule has 0 aliphatic rings. The average Bonchev–Trinajstić information content (AvgIpc) is 2.34. The van der Waals surface area contributed by atoms with Gasteiger partial charge in [-0.3, -0.25) is 9.59 Å². The van der Waals surface area contributed by atoms with Crippen molar-refractivity contribution in [2.24, 2.45) is 5.92 Å². The van der Waals surface area contributed by atoms with Crippen molar-refractivity contribution in [1.29, 1.82) is 0 Å². The summed E-state index contributed by atoms with van der Waals surface area (Å²) in [6.45, 7) is 1.40. The number of carbonyl (C=O) groups excluding carboxylic acids is 2. The summed E-state index contributed by atoms with van der Waals surface area (Å²) in [4.78, 5) is 22.6. The number of benzene rings is 1. The summed E-state index contributed by atoms with van der Waals surface area (Å²) in [5.74, 6) is -1.34. The summed E-state index contributed by atoms with van der Waals surface area (Å²) in [7, 11) is 1.29. The van der Waals surface area contributed by atoms with Crippen molar-refractivity contribution in [3.63, 3.8) is 0 Å². The first-order valence-corrected chi connectivity index (χ1v) is 5.45. The van der Waals surface area contributed by atoms with Gasteiger partial charge in [-0.05, 0) is 18.9 Å². The minimum absolute atomic E-state index is 0.172. The van der Waals surface area contributed by atoms with Gasteiger partial charge in [0.1, 0.15) is 11.7 Å². The maximum absolute atomic E-state index is 11.3. The molecule has 0 radical (unpaired) electrons. The first-order chi connectivity index (χ1) is 8.15. The van der Waals surface area contributed by atoms with Crippen LogP contribution in [0.2, 0.25) is 0 Å². The number of methoxy groups -OCH3 is 1. The fourth-order valence-electron chi connectivity index (χ4n) is 1.47. The Hall–Kier alpha value is -1.90. The third-order valence-electron chi connectivity index (χ3n) is 2.46. The summed E-state index contributed by atoms with van der Waals surface area (Å²) in [6, 6.07) is 9.71. The Morgan fingerprint density at radius 1 is 1.29 bits per heavy atom. The van der Waals surface area contributed by atoms with Gasteiger partial charge in [-0.15, -0.1) is 0 Å². The molecular formula is C14H16O3. The Balaban J connectivity index is 2.61. The van der Waals surface area contributed by atoms with E-state index >= 15 is 0 Å². The van der Waals surface area contributed by atoms with Crippen LogP contribution in [0.5, 0.6) is 0 Å². The number of ether oxygens (including phenoxy) is 1. The SMILES string of the molecule is COC(=O)C(CC=Cc1ccccc1)C(C)=O.